The number of rotatable bonds is 10. The van der Waals surface area contributed by atoms with E-state index in [0.717, 1.165) is 12.4 Å². The van der Waals surface area contributed by atoms with Gasteiger partial charge in [-0.15, -0.1) is 0 Å². The van der Waals surface area contributed by atoms with Gasteiger partial charge in [-0.2, -0.15) is 0 Å². The number of amides is 1. The molecule has 0 aliphatic rings. The van der Waals surface area contributed by atoms with Gasteiger partial charge in [0.25, 0.3) is 5.91 Å². The van der Waals surface area contributed by atoms with Gasteiger partial charge in [-0.25, -0.2) is 14.8 Å². The second-order valence-electron chi connectivity index (χ2n) is 6.21. The van der Waals surface area contributed by atoms with E-state index in [1.54, 1.807) is 27.1 Å². The Morgan fingerprint density at radius 3 is 2.58 bits per heavy atom. The number of amidine groups is 1. The molecule has 4 N–H and O–H groups in total. The monoisotopic (exact) mass is 429 g/mol. The molecule has 0 saturated heterocycles. The molecule has 11 heteroatoms. The van der Waals surface area contributed by atoms with Crippen LogP contribution in [-0.2, 0) is 4.74 Å². The maximum atomic E-state index is 12.6. The van der Waals surface area contributed by atoms with Crippen LogP contribution in [0.1, 0.15) is 27.8 Å². The lowest BCUT2D eigenvalue weighted by molar-refractivity contribution is 0.0689. The molecule has 0 aliphatic heterocycles. The van der Waals surface area contributed by atoms with Crippen LogP contribution in [-0.4, -0.2) is 59.7 Å². The maximum Gasteiger partial charge on any atom is 0.356 e. The van der Waals surface area contributed by atoms with Crippen LogP contribution in [0.3, 0.4) is 0 Å². The zero-order valence-corrected chi connectivity index (χ0v) is 17.2. The molecule has 1 aromatic carbocycles. The molecular weight excluding hydrogens is 406 g/mol. The number of ether oxygens (including phenoxy) is 3. The number of aromatic carboxylic acids is 1. The lowest BCUT2D eigenvalue weighted by Crippen LogP contribution is -2.28. The van der Waals surface area contributed by atoms with Gasteiger partial charge < -0.3 is 30.0 Å². The van der Waals surface area contributed by atoms with Crippen molar-refractivity contribution in [1.82, 2.24) is 20.6 Å². The number of hydrogen-bond acceptors (Lipinski definition) is 9. The Labute approximate surface area is 178 Å². The van der Waals surface area contributed by atoms with Gasteiger partial charge in [0, 0.05) is 25.8 Å². The molecule has 31 heavy (non-hydrogen) atoms. The third kappa shape index (κ3) is 7.40. The Hall–Kier alpha value is -3.99. The van der Waals surface area contributed by atoms with Crippen LogP contribution in [0.5, 0.6) is 17.4 Å². The van der Waals surface area contributed by atoms with Gasteiger partial charge in [0.05, 0.1) is 19.0 Å². The van der Waals surface area contributed by atoms with E-state index in [-0.39, 0.29) is 34.8 Å². The highest BCUT2D eigenvalue weighted by molar-refractivity contribution is 6.09. The molecule has 0 unspecified atom stereocenters. The number of carbonyl (C=O) groups is 2. The van der Waals surface area contributed by atoms with Crippen LogP contribution < -0.4 is 20.1 Å². The fourth-order valence-corrected chi connectivity index (χ4v) is 2.33. The quantitative estimate of drug-likeness (QED) is 0.327. The predicted octanol–water partition coefficient (Wildman–Crippen LogP) is 1.82. The second kappa shape index (κ2) is 11.3. The number of carbonyl (C=O) groups excluding carboxylic acids is 1. The van der Waals surface area contributed by atoms with Gasteiger partial charge in [-0.1, -0.05) is 0 Å². The first-order valence-electron chi connectivity index (χ1n) is 9.10. The fraction of sp³-hybridized carbons (Fsp3) is 0.250. The van der Waals surface area contributed by atoms with E-state index in [1.807, 2.05) is 0 Å². The van der Waals surface area contributed by atoms with Crippen LogP contribution in [0.25, 0.3) is 0 Å². The molecule has 0 radical (unpaired) electrons. The SMILES string of the molecule is CN/C=C\C(=N)NC(=O)c1cc(Oc2cnc(C(=O)O)cn2)cc(O[C@@H](C)COC)c1. The molecule has 0 spiro atoms. The number of aromatic nitrogens is 2. The minimum atomic E-state index is -1.21. The average molecular weight is 429 g/mol. The summed E-state index contributed by atoms with van der Waals surface area (Å²) in [6.45, 7) is 2.12. The Kier molecular flexibility index (Phi) is 8.46. The molecule has 0 saturated carbocycles. The number of carboxylic acids is 1. The van der Waals surface area contributed by atoms with Gasteiger partial charge in [-0.3, -0.25) is 10.2 Å². The van der Waals surface area contributed by atoms with Gasteiger partial charge in [-0.05, 0) is 31.3 Å². The summed E-state index contributed by atoms with van der Waals surface area (Å²) in [6, 6.07) is 4.48. The molecular formula is C20H23N5O6. The molecule has 1 aromatic heterocycles. The first-order valence-corrected chi connectivity index (χ1v) is 9.10. The molecule has 0 bridgehead atoms. The zero-order chi connectivity index (χ0) is 22.8. The summed E-state index contributed by atoms with van der Waals surface area (Å²) < 4.78 is 16.4. The predicted molar refractivity (Wildman–Crippen MR) is 111 cm³/mol. The van der Waals surface area contributed by atoms with Gasteiger partial charge in [0.15, 0.2) is 5.69 Å². The third-order valence-corrected chi connectivity index (χ3v) is 3.62. The number of hydrogen-bond donors (Lipinski definition) is 4. The fourth-order valence-electron chi connectivity index (χ4n) is 2.33. The van der Waals surface area contributed by atoms with Crippen molar-refractivity contribution < 1.29 is 28.9 Å². The minimum absolute atomic E-state index is 0.0307. The van der Waals surface area contributed by atoms with Gasteiger partial charge >= 0.3 is 5.97 Å². The largest absolute Gasteiger partial charge is 0.488 e. The molecule has 1 amide bonds. The van der Waals surface area contributed by atoms with Crippen molar-refractivity contribution in [1.29, 1.82) is 5.41 Å². The normalized spacial score (nSPS) is 11.6. The van der Waals surface area contributed by atoms with E-state index in [9.17, 15) is 9.59 Å². The van der Waals surface area contributed by atoms with Crippen LogP contribution in [0.2, 0.25) is 0 Å². The number of nitrogens with one attached hydrogen (secondary N) is 3. The highest BCUT2D eigenvalue weighted by atomic mass is 16.5. The van der Waals surface area contributed by atoms with Crippen molar-refractivity contribution in [3.63, 3.8) is 0 Å². The highest BCUT2D eigenvalue weighted by Crippen LogP contribution is 2.27. The summed E-state index contributed by atoms with van der Waals surface area (Å²) >= 11 is 0. The zero-order valence-electron chi connectivity index (χ0n) is 17.2. The van der Waals surface area contributed by atoms with E-state index >= 15 is 0 Å². The molecule has 0 aliphatic carbocycles. The van der Waals surface area contributed by atoms with E-state index in [0.29, 0.717) is 12.4 Å². The van der Waals surface area contributed by atoms with Crippen molar-refractivity contribution in [3.8, 4) is 17.4 Å². The molecule has 2 aromatic rings. The van der Waals surface area contributed by atoms with Crippen molar-refractivity contribution in [3.05, 3.63) is 54.1 Å². The summed E-state index contributed by atoms with van der Waals surface area (Å²) in [6.07, 6.45) is 4.80. The van der Waals surface area contributed by atoms with Crippen molar-refractivity contribution in [2.24, 2.45) is 0 Å². The topological polar surface area (TPSA) is 156 Å². The Morgan fingerprint density at radius 1 is 1.23 bits per heavy atom. The summed E-state index contributed by atoms with van der Waals surface area (Å²) in [4.78, 5) is 31.1. The van der Waals surface area contributed by atoms with Crippen LogP contribution in [0, 0.1) is 5.41 Å². The Morgan fingerprint density at radius 2 is 1.97 bits per heavy atom. The van der Waals surface area contributed by atoms with Crippen molar-refractivity contribution in [2.75, 3.05) is 20.8 Å². The Balaban J connectivity index is 2.29. The highest BCUT2D eigenvalue weighted by Gasteiger charge is 2.14. The van der Waals surface area contributed by atoms with Crippen LogP contribution >= 0.6 is 0 Å². The van der Waals surface area contributed by atoms with E-state index in [1.165, 1.54) is 24.4 Å². The smallest absolute Gasteiger partial charge is 0.356 e. The Bertz CT molecular complexity index is 961. The number of methoxy groups -OCH3 is 1. The number of carboxylic acid groups (broad SMARTS) is 1. The van der Waals surface area contributed by atoms with Crippen molar-refractivity contribution >= 4 is 17.7 Å². The van der Waals surface area contributed by atoms with E-state index < -0.39 is 11.9 Å². The minimum Gasteiger partial charge on any atom is -0.488 e. The first-order chi connectivity index (χ1) is 14.8. The summed E-state index contributed by atoms with van der Waals surface area (Å²) in [5.74, 6) is -1.30. The lowest BCUT2D eigenvalue weighted by atomic mass is 10.2. The summed E-state index contributed by atoms with van der Waals surface area (Å²) in [5.41, 5.74) is -0.0548. The maximum absolute atomic E-state index is 12.6. The van der Waals surface area contributed by atoms with Crippen LogP contribution in [0.4, 0.5) is 0 Å². The van der Waals surface area contributed by atoms with Crippen LogP contribution in [0.15, 0.2) is 42.9 Å². The van der Waals surface area contributed by atoms with E-state index in [4.69, 9.17) is 24.7 Å². The molecule has 1 heterocycles. The molecule has 11 nitrogen and oxygen atoms in total. The van der Waals surface area contributed by atoms with Gasteiger partial charge in [0.1, 0.15) is 23.4 Å². The lowest BCUT2D eigenvalue weighted by Gasteiger charge is -2.16. The first kappa shape index (κ1) is 23.3. The van der Waals surface area contributed by atoms with Gasteiger partial charge in [0.2, 0.25) is 5.88 Å². The average Bonchev–Trinajstić information content (AvgIpc) is 2.72. The molecule has 0 fully saturated rings. The number of benzene rings is 1. The van der Waals surface area contributed by atoms with Crippen molar-refractivity contribution in [2.45, 2.75) is 13.0 Å². The molecule has 2 rings (SSSR count). The third-order valence-electron chi connectivity index (χ3n) is 3.62. The van der Waals surface area contributed by atoms with E-state index in [2.05, 4.69) is 20.6 Å². The molecule has 164 valence electrons. The standard InChI is InChI=1S/C20H23N5O6/c1-12(11-29-3)30-14-6-13(19(26)25-17(21)4-5-22-2)7-15(8-14)31-18-10-23-16(9-24-18)20(27)28/h4-10,12,22H,11H2,1-3H3,(H,27,28)(H2,21,25,26)/b5-4-/t12-/m0/s1. The second-order valence-corrected chi connectivity index (χ2v) is 6.21. The molecule has 1 atom stereocenters. The summed E-state index contributed by atoms with van der Waals surface area (Å²) in [5, 5.41) is 21.9. The summed E-state index contributed by atoms with van der Waals surface area (Å²) in [7, 11) is 3.21. The number of nitrogens with zero attached hydrogens (tertiary/aromatic N) is 2.